The molecule has 0 aliphatic rings. The second-order valence-electron chi connectivity index (χ2n) is 1.75. The number of hydrogen-bond acceptors (Lipinski definition) is 1. The fourth-order valence-electron chi connectivity index (χ4n) is 0.566. The Bertz CT molecular complexity index is 204. The summed E-state index contributed by atoms with van der Waals surface area (Å²) in [6, 6.07) is 5.34. The van der Waals surface area contributed by atoms with Gasteiger partial charge in [-0.05, 0) is 0 Å². The zero-order chi connectivity index (χ0) is 6.85. The van der Waals surface area contributed by atoms with E-state index in [2.05, 4.69) is 0 Å². The van der Waals surface area contributed by atoms with Crippen molar-refractivity contribution < 1.29 is 31.2 Å². The Hall–Kier alpha value is 0.245. The van der Waals surface area contributed by atoms with Gasteiger partial charge in [-0.1, -0.05) is 0 Å². The summed E-state index contributed by atoms with van der Waals surface area (Å²) in [6.45, 7) is 0. The van der Waals surface area contributed by atoms with Gasteiger partial charge in [-0.25, -0.2) is 0 Å². The van der Waals surface area contributed by atoms with Crippen molar-refractivity contribution >= 4 is 14.7 Å². The molecule has 0 spiro atoms. The minimum atomic E-state index is 0.198. The van der Waals surface area contributed by atoms with Crippen LogP contribution < -0.4 is 3.07 Å². The molecule has 0 aliphatic heterocycles. The van der Waals surface area contributed by atoms with Gasteiger partial charge in [-0.2, -0.15) is 0 Å². The molecular weight excluding hydrogens is 324 g/mol. The Kier molecular flexibility index (Phi) is 2.36. The van der Waals surface area contributed by atoms with E-state index in [-0.39, 0.29) is 5.75 Å². The third-order valence-corrected chi connectivity index (χ3v) is 4.66. The van der Waals surface area contributed by atoms with Gasteiger partial charge in [-0.15, -0.1) is 0 Å². The first-order valence-corrected chi connectivity index (χ1v) is 5.64. The summed E-state index contributed by atoms with van der Waals surface area (Å²) in [4.78, 5) is 0. The summed E-state index contributed by atoms with van der Waals surface area (Å²) >= 11 is 6.17. The van der Waals surface area contributed by atoms with Gasteiger partial charge in [-0.3, -0.25) is 0 Å². The average Bonchev–Trinajstić information content (AvgIpc) is 1.83. The van der Waals surface area contributed by atoms with Crippen LogP contribution in [0.1, 0.15) is 0 Å². The van der Waals surface area contributed by atoms with Gasteiger partial charge in [0.05, 0.1) is 0 Å². The van der Waals surface area contributed by atoms with E-state index < -0.39 is 0 Å². The monoisotopic (exact) mass is 329 g/mol. The van der Waals surface area contributed by atoms with Gasteiger partial charge >= 0.3 is 74.9 Å². The van der Waals surface area contributed by atoms with Gasteiger partial charge in [0.1, 0.15) is 0 Å². The van der Waals surface area contributed by atoms with Crippen molar-refractivity contribution in [2.24, 2.45) is 0 Å². The molecular formula is C6H4ClHgO. The number of aromatic hydroxyl groups is 1. The first kappa shape index (κ1) is 7.35. The van der Waals surface area contributed by atoms with Crippen LogP contribution in [-0.2, 0) is 26.1 Å². The maximum atomic E-state index is 9.00. The number of halogens is 1. The molecule has 0 heterocycles. The summed E-state index contributed by atoms with van der Waals surface area (Å²) < 4.78 is 1.09. The van der Waals surface area contributed by atoms with Gasteiger partial charge in [0, 0.05) is 0 Å². The molecule has 1 aromatic rings. The second-order valence-corrected chi connectivity index (χ2v) is 5.09. The van der Waals surface area contributed by atoms with E-state index in [4.69, 9.17) is 16.7 Å². The van der Waals surface area contributed by atoms with Crippen molar-refractivity contribution in [1.82, 2.24) is 0 Å². The number of rotatable bonds is 0. The zero-order valence-electron chi connectivity index (χ0n) is 4.76. The molecule has 1 nitrogen and oxygen atoms in total. The van der Waals surface area contributed by atoms with Crippen LogP contribution in [-0.4, -0.2) is 5.11 Å². The Balaban J connectivity index is 3.25. The summed E-state index contributed by atoms with van der Waals surface area (Å²) in [5.74, 6) is 0.198. The molecule has 0 saturated carbocycles. The minimum absolute atomic E-state index is 0.198. The first-order valence-electron chi connectivity index (χ1n) is 2.51. The molecule has 0 unspecified atom stereocenters. The third kappa shape index (κ3) is 1.58. The topological polar surface area (TPSA) is 20.2 Å². The first-order chi connectivity index (χ1) is 4.22. The summed E-state index contributed by atoms with van der Waals surface area (Å²) in [7, 11) is 0. The molecule has 1 rings (SSSR count). The van der Waals surface area contributed by atoms with Crippen molar-refractivity contribution in [2.75, 3.05) is 0 Å². The number of hydrogen-bond donors (Lipinski definition) is 1. The second kappa shape index (κ2) is 2.89. The van der Waals surface area contributed by atoms with Gasteiger partial charge in [0.2, 0.25) is 0 Å². The number of benzene rings is 1. The van der Waals surface area contributed by atoms with Crippen LogP contribution >= 0.6 is 11.6 Å². The van der Waals surface area contributed by atoms with Crippen molar-refractivity contribution in [3.05, 3.63) is 23.2 Å². The molecule has 0 atom stereocenters. The Morgan fingerprint density at radius 3 is 2.56 bits per heavy atom. The summed E-state index contributed by atoms with van der Waals surface area (Å²) in [5, 5.41) is 9.53. The molecule has 1 N–H and O–H groups in total. The van der Waals surface area contributed by atoms with Crippen LogP contribution in [0.4, 0.5) is 0 Å². The van der Waals surface area contributed by atoms with Gasteiger partial charge < -0.3 is 0 Å². The van der Waals surface area contributed by atoms with Crippen molar-refractivity contribution in [3.63, 3.8) is 0 Å². The van der Waals surface area contributed by atoms with Crippen LogP contribution in [0.15, 0.2) is 18.2 Å². The standard InChI is InChI=1S/C6H4ClO.Hg/c7-5-3-1-2-4-6(5)8;/h1-2,4,8H;. The van der Waals surface area contributed by atoms with Crippen molar-refractivity contribution in [2.45, 2.75) is 0 Å². The van der Waals surface area contributed by atoms with Gasteiger partial charge in [0.15, 0.2) is 0 Å². The molecule has 9 heavy (non-hydrogen) atoms. The van der Waals surface area contributed by atoms with Crippen LogP contribution in [0, 0.1) is 0 Å². The van der Waals surface area contributed by atoms with Gasteiger partial charge in [0.25, 0.3) is 0 Å². The van der Waals surface area contributed by atoms with Crippen LogP contribution in [0.3, 0.4) is 0 Å². The fraction of sp³-hybridized carbons (Fsp3) is 0. The molecule has 1 aromatic carbocycles. The van der Waals surface area contributed by atoms with Crippen molar-refractivity contribution in [1.29, 1.82) is 0 Å². The molecule has 0 fully saturated rings. The Morgan fingerprint density at radius 1 is 1.44 bits per heavy atom. The molecule has 43 valence electrons. The molecule has 0 aromatic heterocycles. The van der Waals surface area contributed by atoms with E-state index >= 15 is 0 Å². The predicted molar refractivity (Wildman–Crippen MR) is 32.8 cm³/mol. The Morgan fingerprint density at radius 2 is 2.11 bits per heavy atom. The molecule has 0 aliphatic carbocycles. The van der Waals surface area contributed by atoms with E-state index in [0.29, 0.717) is 31.1 Å². The SMILES string of the molecule is Oc1ccc[c]([Hg])c1Cl. The third-order valence-electron chi connectivity index (χ3n) is 1.06. The van der Waals surface area contributed by atoms with E-state index in [1.54, 1.807) is 6.07 Å². The average molecular weight is 328 g/mol. The molecule has 0 amide bonds. The van der Waals surface area contributed by atoms with E-state index in [0.717, 1.165) is 3.07 Å². The quantitative estimate of drug-likeness (QED) is 0.710. The van der Waals surface area contributed by atoms with Crippen LogP contribution in [0.2, 0.25) is 5.02 Å². The van der Waals surface area contributed by atoms with Crippen LogP contribution in [0.25, 0.3) is 0 Å². The summed E-state index contributed by atoms with van der Waals surface area (Å²) in [5.41, 5.74) is 0. The number of phenols is 1. The Labute approximate surface area is 74.6 Å². The van der Waals surface area contributed by atoms with Crippen LogP contribution in [0.5, 0.6) is 5.75 Å². The predicted octanol–water partition coefficient (Wildman–Crippen LogP) is 1.22. The summed E-state index contributed by atoms with van der Waals surface area (Å²) in [6.07, 6.45) is 0. The zero-order valence-corrected chi connectivity index (χ0v) is 11.0. The maximum absolute atomic E-state index is 9.00. The molecule has 0 bridgehead atoms. The molecule has 0 radical (unpaired) electrons. The number of phenolic OH excluding ortho intramolecular Hbond substituents is 1. The normalized spacial score (nSPS) is 9.67. The fourth-order valence-corrected chi connectivity index (χ4v) is 1.93. The molecule has 0 saturated heterocycles. The van der Waals surface area contributed by atoms with E-state index in [9.17, 15) is 0 Å². The van der Waals surface area contributed by atoms with E-state index in [1.807, 2.05) is 12.1 Å². The van der Waals surface area contributed by atoms with Crippen molar-refractivity contribution in [3.8, 4) is 5.75 Å². The molecule has 3 heteroatoms. The van der Waals surface area contributed by atoms with E-state index in [1.165, 1.54) is 0 Å².